The topological polar surface area (TPSA) is 119 Å². The van der Waals surface area contributed by atoms with Crippen LogP contribution in [-0.4, -0.2) is 64.7 Å². The number of morpholine rings is 1. The van der Waals surface area contributed by atoms with Gasteiger partial charge in [0.2, 0.25) is 15.9 Å². The third-order valence-corrected chi connectivity index (χ3v) is 7.53. The smallest absolute Gasteiger partial charge is 0.251 e. The first kappa shape index (κ1) is 21.4. The van der Waals surface area contributed by atoms with Crippen LogP contribution in [-0.2, 0) is 33.0 Å². The summed E-state index contributed by atoms with van der Waals surface area (Å²) in [4.78, 5) is 17.0. The van der Waals surface area contributed by atoms with Crippen molar-refractivity contribution in [3.05, 3.63) is 54.1 Å². The maximum atomic E-state index is 13.1. The number of ether oxygens (including phenoxy) is 1. The molecule has 33 heavy (non-hydrogen) atoms. The zero-order chi connectivity index (χ0) is 23.0. The average Bonchev–Trinajstić information content (AvgIpc) is 3.11. The summed E-state index contributed by atoms with van der Waals surface area (Å²) in [5.41, 5.74) is 2.60. The summed E-state index contributed by atoms with van der Waals surface area (Å²) in [6.45, 7) is 1.40. The molecule has 0 aliphatic carbocycles. The fraction of sp³-hybridized carbons (Fsp3) is 0.273. The van der Waals surface area contributed by atoms with Crippen molar-refractivity contribution in [1.82, 2.24) is 24.1 Å². The number of hydrogen-bond acceptors (Lipinski definition) is 7. The van der Waals surface area contributed by atoms with E-state index in [9.17, 15) is 13.2 Å². The molecule has 4 aromatic rings. The molecule has 0 saturated carbocycles. The first-order valence-electron chi connectivity index (χ1n) is 10.5. The van der Waals surface area contributed by atoms with E-state index in [1.807, 2.05) is 37.4 Å². The Morgan fingerprint density at radius 2 is 1.85 bits per heavy atom. The first-order valence-corrected chi connectivity index (χ1v) is 11.9. The number of amides is 1. The second-order valence-electron chi connectivity index (χ2n) is 7.77. The molecule has 5 rings (SSSR count). The molecule has 1 fully saturated rings. The van der Waals surface area contributed by atoms with Gasteiger partial charge in [-0.3, -0.25) is 10.1 Å². The Balaban J connectivity index is 1.47. The minimum Gasteiger partial charge on any atom is -0.379 e. The van der Waals surface area contributed by atoms with Crippen LogP contribution in [0.4, 0.5) is 5.95 Å². The fourth-order valence-corrected chi connectivity index (χ4v) is 5.37. The van der Waals surface area contributed by atoms with Crippen LogP contribution in [0.3, 0.4) is 0 Å². The average molecular weight is 467 g/mol. The largest absolute Gasteiger partial charge is 0.379 e. The minimum absolute atomic E-state index is 0.0931. The molecule has 1 saturated heterocycles. The lowest BCUT2D eigenvalue weighted by Crippen LogP contribution is -2.40. The van der Waals surface area contributed by atoms with Crippen LogP contribution in [0.15, 0.2) is 53.4 Å². The molecule has 1 aliphatic rings. The van der Waals surface area contributed by atoms with Crippen LogP contribution in [0.2, 0.25) is 0 Å². The van der Waals surface area contributed by atoms with Gasteiger partial charge in [-0.2, -0.15) is 9.29 Å². The zero-order valence-corrected chi connectivity index (χ0v) is 18.7. The molecule has 0 spiro atoms. The number of carbonyl (C=O) groups excluding carboxylic acids is 1. The van der Waals surface area contributed by atoms with Crippen LogP contribution in [0.25, 0.3) is 22.1 Å². The van der Waals surface area contributed by atoms with Crippen molar-refractivity contribution in [2.24, 2.45) is 7.05 Å². The number of fused-ring (bicyclic) bond motifs is 3. The Bertz CT molecular complexity index is 1450. The third-order valence-electron chi connectivity index (χ3n) is 5.64. The number of nitrogens with one attached hydrogen (secondary N) is 1. The van der Waals surface area contributed by atoms with Crippen molar-refractivity contribution in [1.29, 1.82) is 0 Å². The fourth-order valence-electron chi connectivity index (χ4n) is 3.94. The van der Waals surface area contributed by atoms with Gasteiger partial charge >= 0.3 is 0 Å². The number of carbonyl (C=O) groups is 1. The summed E-state index contributed by atoms with van der Waals surface area (Å²) >= 11 is 0. The maximum absolute atomic E-state index is 13.1. The summed E-state index contributed by atoms with van der Waals surface area (Å²) < 4.78 is 34.6. The maximum Gasteiger partial charge on any atom is 0.251 e. The molecule has 1 aliphatic heterocycles. The number of benzene rings is 2. The van der Waals surface area contributed by atoms with E-state index in [4.69, 9.17) is 4.74 Å². The summed E-state index contributed by atoms with van der Waals surface area (Å²) in [6, 6.07) is 14.3. The Kier molecular flexibility index (Phi) is 5.52. The molecule has 2 aromatic heterocycles. The van der Waals surface area contributed by atoms with Crippen molar-refractivity contribution in [3.8, 4) is 0 Å². The van der Waals surface area contributed by atoms with E-state index in [1.165, 1.54) is 4.31 Å². The lowest BCUT2D eigenvalue weighted by atomic mass is 10.1. The van der Waals surface area contributed by atoms with Crippen molar-refractivity contribution in [2.45, 2.75) is 11.3 Å². The molecule has 1 N–H and O–H groups in total. The quantitative estimate of drug-likeness (QED) is 0.476. The summed E-state index contributed by atoms with van der Waals surface area (Å²) in [5, 5.41) is 11.6. The Hall–Kier alpha value is -3.41. The van der Waals surface area contributed by atoms with Crippen molar-refractivity contribution < 1.29 is 17.9 Å². The molecule has 11 heteroatoms. The monoisotopic (exact) mass is 466 g/mol. The van der Waals surface area contributed by atoms with E-state index in [-0.39, 0.29) is 23.2 Å². The highest BCUT2D eigenvalue weighted by Crippen LogP contribution is 2.29. The summed E-state index contributed by atoms with van der Waals surface area (Å²) in [7, 11) is -1.84. The highest BCUT2D eigenvalue weighted by molar-refractivity contribution is 7.89. The number of anilines is 1. The van der Waals surface area contributed by atoms with E-state index in [2.05, 4.69) is 20.5 Å². The molecule has 170 valence electrons. The van der Waals surface area contributed by atoms with Gasteiger partial charge in [0.15, 0.2) is 5.65 Å². The van der Waals surface area contributed by atoms with Crippen molar-refractivity contribution >= 4 is 43.9 Å². The summed E-state index contributed by atoms with van der Waals surface area (Å²) in [6.07, 6.45) is 0.195. The van der Waals surface area contributed by atoms with Gasteiger partial charge in [-0.15, -0.1) is 10.2 Å². The second kappa shape index (κ2) is 8.50. The Morgan fingerprint density at radius 3 is 2.61 bits per heavy atom. The molecule has 10 nitrogen and oxygen atoms in total. The van der Waals surface area contributed by atoms with Crippen LogP contribution < -0.4 is 5.32 Å². The van der Waals surface area contributed by atoms with Crippen molar-refractivity contribution in [2.75, 3.05) is 31.6 Å². The molecule has 2 aromatic carbocycles. The van der Waals surface area contributed by atoms with E-state index in [0.717, 1.165) is 11.1 Å². The standard InChI is InChI=1S/C22H22N6O4S/c1-27-18-8-7-16(33(30,31)28-9-11-32-12-10-28)14-17(18)20-21(27)24-22(26-25-20)23-19(29)13-15-5-3-2-4-6-15/h2-8,14H,9-13H2,1H3,(H,23,24,26,29). The van der Waals surface area contributed by atoms with Gasteiger partial charge in [0.25, 0.3) is 5.95 Å². The Morgan fingerprint density at radius 1 is 1.09 bits per heavy atom. The number of rotatable bonds is 5. The van der Waals surface area contributed by atoms with Gasteiger partial charge < -0.3 is 9.30 Å². The lowest BCUT2D eigenvalue weighted by Gasteiger charge is -2.26. The van der Waals surface area contributed by atoms with Crippen molar-refractivity contribution in [3.63, 3.8) is 0 Å². The van der Waals surface area contributed by atoms with E-state index in [1.54, 1.807) is 22.8 Å². The number of aryl methyl sites for hydroxylation is 1. The number of sulfonamides is 1. The number of aromatic nitrogens is 4. The Labute approximate surface area is 190 Å². The van der Waals surface area contributed by atoms with Gasteiger partial charge in [0.05, 0.1) is 30.0 Å². The normalized spacial score (nSPS) is 15.2. The van der Waals surface area contributed by atoms with E-state index in [0.29, 0.717) is 42.9 Å². The lowest BCUT2D eigenvalue weighted by molar-refractivity contribution is -0.115. The van der Waals surface area contributed by atoms with E-state index >= 15 is 0 Å². The van der Waals surface area contributed by atoms with Crippen LogP contribution >= 0.6 is 0 Å². The van der Waals surface area contributed by atoms with Crippen LogP contribution in [0.5, 0.6) is 0 Å². The molecule has 0 unspecified atom stereocenters. The molecular weight excluding hydrogens is 444 g/mol. The highest BCUT2D eigenvalue weighted by atomic mass is 32.2. The molecule has 1 amide bonds. The zero-order valence-electron chi connectivity index (χ0n) is 17.9. The predicted octanol–water partition coefficient (Wildman–Crippen LogP) is 1.72. The number of hydrogen-bond donors (Lipinski definition) is 1. The summed E-state index contributed by atoms with van der Waals surface area (Å²) in [5.74, 6) is -0.157. The molecule has 0 atom stereocenters. The van der Waals surface area contributed by atoms with Gasteiger partial charge in [-0.1, -0.05) is 30.3 Å². The minimum atomic E-state index is -3.65. The van der Waals surface area contributed by atoms with Crippen LogP contribution in [0, 0.1) is 0 Å². The van der Waals surface area contributed by atoms with Gasteiger partial charge in [0, 0.05) is 25.5 Å². The highest BCUT2D eigenvalue weighted by Gasteiger charge is 2.27. The molecule has 3 heterocycles. The van der Waals surface area contributed by atoms with Gasteiger partial charge in [-0.25, -0.2) is 8.42 Å². The molecule has 0 radical (unpaired) electrons. The van der Waals surface area contributed by atoms with Gasteiger partial charge in [0.1, 0.15) is 5.52 Å². The van der Waals surface area contributed by atoms with Gasteiger partial charge in [-0.05, 0) is 23.8 Å². The first-order chi connectivity index (χ1) is 15.9. The molecular formula is C22H22N6O4S. The number of nitrogens with zero attached hydrogens (tertiary/aromatic N) is 5. The van der Waals surface area contributed by atoms with Crippen LogP contribution in [0.1, 0.15) is 5.56 Å². The third kappa shape index (κ3) is 4.06. The second-order valence-corrected chi connectivity index (χ2v) is 9.71. The predicted molar refractivity (Wildman–Crippen MR) is 122 cm³/mol. The molecule has 0 bridgehead atoms. The SMILES string of the molecule is Cn1c2ccc(S(=O)(=O)N3CCOCC3)cc2c2nnc(NC(=O)Cc3ccccc3)nc21. The van der Waals surface area contributed by atoms with E-state index < -0.39 is 10.0 Å².